The summed E-state index contributed by atoms with van der Waals surface area (Å²) >= 11 is 1.71. The van der Waals surface area contributed by atoms with E-state index >= 15 is 0 Å². The zero-order chi connectivity index (χ0) is 11.8. The van der Waals surface area contributed by atoms with E-state index in [1.165, 1.54) is 4.88 Å². The van der Waals surface area contributed by atoms with Crippen LogP contribution in [0.25, 0.3) is 0 Å². The molecule has 0 aliphatic heterocycles. The molecule has 0 amide bonds. The molecule has 0 atom stereocenters. The summed E-state index contributed by atoms with van der Waals surface area (Å²) in [6.07, 6.45) is 4.62. The predicted molar refractivity (Wildman–Crippen MR) is 67.6 cm³/mol. The molecule has 0 bridgehead atoms. The van der Waals surface area contributed by atoms with Crippen LogP contribution in [0, 0.1) is 11.3 Å². The summed E-state index contributed by atoms with van der Waals surface area (Å²) in [6, 6.07) is 2.15. The molecule has 5 heteroatoms. The summed E-state index contributed by atoms with van der Waals surface area (Å²) in [4.78, 5) is 7.57. The van der Waals surface area contributed by atoms with Gasteiger partial charge in [-0.1, -0.05) is 0 Å². The van der Waals surface area contributed by atoms with Crippen molar-refractivity contribution in [2.45, 2.75) is 25.8 Å². The van der Waals surface area contributed by atoms with Gasteiger partial charge in [-0.3, -0.25) is 0 Å². The lowest BCUT2D eigenvalue weighted by atomic mass is 10.2. The van der Waals surface area contributed by atoms with Gasteiger partial charge < -0.3 is 10.2 Å². The Labute approximate surface area is 101 Å². The molecule has 1 N–H and O–H groups in total. The molecular weight excluding hydrogens is 220 g/mol. The third kappa shape index (κ3) is 4.60. The minimum absolute atomic E-state index is 0.660. The number of hydrogen-bond acceptors (Lipinski definition) is 5. The maximum Gasteiger partial charge on any atom is 0.185 e. The summed E-state index contributed by atoms with van der Waals surface area (Å²) in [5, 5.41) is 12.8. The van der Waals surface area contributed by atoms with E-state index in [2.05, 4.69) is 16.4 Å². The second kappa shape index (κ2) is 7.20. The predicted octanol–water partition coefficient (Wildman–Crippen LogP) is 1.99. The van der Waals surface area contributed by atoms with Crippen molar-refractivity contribution in [3.63, 3.8) is 0 Å². The zero-order valence-corrected chi connectivity index (χ0v) is 10.7. The topological polar surface area (TPSA) is 52.0 Å². The van der Waals surface area contributed by atoms with Gasteiger partial charge in [-0.25, -0.2) is 4.98 Å². The molecule has 1 heterocycles. The van der Waals surface area contributed by atoms with Crippen molar-refractivity contribution in [2.24, 2.45) is 0 Å². The van der Waals surface area contributed by atoms with Crippen LogP contribution in [0.4, 0.5) is 5.13 Å². The first kappa shape index (κ1) is 12.9. The van der Waals surface area contributed by atoms with Crippen molar-refractivity contribution >= 4 is 16.5 Å². The molecule has 0 aliphatic rings. The van der Waals surface area contributed by atoms with Gasteiger partial charge in [-0.15, -0.1) is 11.3 Å². The summed E-state index contributed by atoms with van der Waals surface area (Å²) in [6.45, 7) is 1.84. The molecule has 16 heavy (non-hydrogen) atoms. The molecule has 4 nitrogen and oxygen atoms in total. The SMILES string of the molecule is CN(C)c1ncc(CNCCCCC#N)s1. The maximum atomic E-state index is 8.37. The van der Waals surface area contributed by atoms with Crippen LogP contribution in [0.1, 0.15) is 24.1 Å². The van der Waals surface area contributed by atoms with E-state index in [9.17, 15) is 0 Å². The average molecular weight is 238 g/mol. The molecule has 0 spiro atoms. The zero-order valence-electron chi connectivity index (χ0n) is 9.86. The monoisotopic (exact) mass is 238 g/mol. The second-order valence-corrected chi connectivity index (χ2v) is 4.89. The molecule has 0 aromatic carbocycles. The van der Waals surface area contributed by atoms with Crippen molar-refractivity contribution < 1.29 is 0 Å². The fourth-order valence-electron chi connectivity index (χ4n) is 1.25. The Hall–Kier alpha value is -1.12. The molecule has 0 fully saturated rings. The quantitative estimate of drug-likeness (QED) is 0.738. The Bertz CT molecular complexity index is 340. The normalized spacial score (nSPS) is 10.1. The third-order valence-corrected chi connectivity index (χ3v) is 3.28. The highest BCUT2D eigenvalue weighted by molar-refractivity contribution is 7.15. The van der Waals surface area contributed by atoms with Crippen molar-refractivity contribution in [3.05, 3.63) is 11.1 Å². The largest absolute Gasteiger partial charge is 0.354 e. The highest BCUT2D eigenvalue weighted by atomic mass is 32.1. The van der Waals surface area contributed by atoms with E-state index in [-0.39, 0.29) is 0 Å². The average Bonchev–Trinajstić information content (AvgIpc) is 2.72. The van der Waals surface area contributed by atoms with E-state index < -0.39 is 0 Å². The van der Waals surface area contributed by atoms with Gasteiger partial charge in [0, 0.05) is 38.1 Å². The lowest BCUT2D eigenvalue weighted by molar-refractivity contribution is 0.632. The van der Waals surface area contributed by atoms with Crippen LogP contribution in [0.5, 0.6) is 0 Å². The van der Waals surface area contributed by atoms with Crippen LogP contribution in [0.2, 0.25) is 0 Å². The number of nitriles is 1. The first-order chi connectivity index (χ1) is 7.74. The first-order valence-electron chi connectivity index (χ1n) is 5.43. The van der Waals surface area contributed by atoms with Crippen molar-refractivity contribution in [3.8, 4) is 6.07 Å². The molecule has 1 rings (SSSR count). The van der Waals surface area contributed by atoms with Gasteiger partial charge in [-0.2, -0.15) is 5.26 Å². The van der Waals surface area contributed by atoms with Crippen LogP contribution in [-0.4, -0.2) is 25.6 Å². The van der Waals surface area contributed by atoms with Crippen LogP contribution in [0.3, 0.4) is 0 Å². The molecule has 0 unspecified atom stereocenters. The molecule has 0 saturated carbocycles. The van der Waals surface area contributed by atoms with Gasteiger partial charge in [0.15, 0.2) is 5.13 Å². The summed E-state index contributed by atoms with van der Waals surface area (Å²) in [7, 11) is 4.00. The number of aromatic nitrogens is 1. The highest BCUT2D eigenvalue weighted by Crippen LogP contribution is 2.19. The van der Waals surface area contributed by atoms with Crippen LogP contribution >= 0.6 is 11.3 Å². The van der Waals surface area contributed by atoms with Crippen molar-refractivity contribution in [1.29, 1.82) is 5.26 Å². The third-order valence-electron chi connectivity index (χ3n) is 2.12. The minimum Gasteiger partial charge on any atom is -0.354 e. The molecule has 1 aromatic heterocycles. The fourth-order valence-corrected chi connectivity index (χ4v) is 2.05. The lowest BCUT2D eigenvalue weighted by Gasteiger charge is -2.05. The van der Waals surface area contributed by atoms with Crippen LogP contribution in [-0.2, 0) is 6.54 Å². The van der Waals surface area contributed by atoms with Gasteiger partial charge in [-0.05, 0) is 19.4 Å². The number of anilines is 1. The summed E-state index contributed by atoms with van der Waals surface area (Å²) in [5.41, 5.74) is 0. The number of unbranched alkanes of at least 4 members (excludes halogenated alkanes) is 2. The van der Waals surface area contributed by atoms with E-state index in [0.717, 1.165) is 31.1 Å². The molecular formula is C11H18N4S. The Kier molecular flexibility index (Phi) is 5.83. The number of thiazole rings is 1. The molecule has 0 aliphatic carbocycles. The van der Waals surface area contributed by atoms with Gasteiger partial charge in [0.05, 0.1) is 6.07 Å². The van der Waals surface area contributed by atoms with Crippen LogP contribution in [0.15, 0.2) is 6.20 Å². The Morgan fingerprint density at radius 1 is 1.50 bits per heavy atom. The van der Waals surface area contributed by atoms with Crippen LogP contribution < -0.4 is 10.2 Å². The number of nitrogens with zero attached hydrogens (tertiary/aromatic N) is 3. The van der Waals surface area contributed by atoms with E-state index in [0.29, 0.717) is 6.42 Å². The second-order valence-electron chi connectivity index (χ2n) is 3.80. The smallest absolute Gasteiger partial charge is 0.185 e. The fraction of sp³-hybridized carbons (Fsp3) is 0.636. The Morgan fingerprint density at radius 3 is 2.94 bits per heavy atom. The molecule has 1 aromatic rings. The minimum atomic E-state index is 0.660. The van der Waals surface area contributed by atoms with Crippen molar-refractivity contribution in [2.75, 3.05) is 25.5 Å². The lowest BCUT2D eigenvalue weighted by Crippen LogP contribution is -2.13. The standard InChI is InChI=1S/C11H18N4S/c1-15(2)11-14-9-10(16-11)8-13-7-5-3-4-6-12/h9,13H,3-5,7-8H2,1-2H3. The number of rotatable bonds is 7. The van der Waals surface area contributed by atoms with E-state index in [4.69, 9.17) is 5.26 Å². The van der Waals surface area contributed by atoms with Crippen molar-refractivity contribution in [1.82, 2.24) is 10.3 Å². The molecule has 0 saturated heterocycles. The van der Waals surface area contributed by atoms with Gasteiger partial charge in [0.25, 0.3) is 0 Å². The van der Waals surface area contributed by atoms with E-state index in [1.54, 1.807) is 11.3 Å². The summed E-state index contributed by atoms with van der Waals surface area (Å²) < 4.78 is 0. The van der Waals surface area contributed by atoms with Gasteiger partial charge in [0.1, 0.15) is 0 Å². The molecule has 88 valence electrons. The summed E-state index contributed by atoms with van der Waals surface area (Å²) in [5.74, 6) is 0. The number of hydrogen-bond donors (Lipinski definition) is 1. The Morgan fingerprint density at radius 2 is 2.31 bits per heavy atom. The maximum absolute atomic E-state index is 8.37. The van der Waals surface area contributed by atoms with Gasteiger partial charge in [0.2, 0.25) is 0 Å². The van der Waals surface area contributed by atoms with Gasteiger partial charge >= 0.3 is 0 Å². The Balaban J connectivity index is 2.15. The number of nitrogens with one attached hydrogen (secondary N) is 1. The molecule has 0 radical (unpaired) electrons. The highest BCUT2D eigenvalue weighted by Gasteiger charge is 2.02. The first-order valence-corrected chi connectivity index (χ1v) is 6.25. The van der Waals surface area contributed by atoms with E-state index in [1.807, 2.05) is 25.2 Å².